The molecule has 1 unspecified atom stereocenters. The standard InChI is InChI=1S/C10H13N3O2/c11-7(10(14)15)5-9-12-4-3-8(13-9)6-1-2-6/h3-4,6-7H,1-2,5,11H2,(H,14,15). The van der Waals surface area contributed by atoms with Gasteiger partial charge in [0.25, 0.3) is 0 Å². The van der Waals surface area contributed by atoms with Crippen molar-refractivity contribution < 1.29 is 9.90 Å². The summed E-state index contributed by atoms with van der Waals surface area (Å²) in [7, 11) is 0. The SMILES string of the molecule is NC(Cc1nccc(C2CC2)n1)C(=O)O. The summed E-state index contributed by atoms with van der Waals surface area (Å²) >= 11 is 0. The third-order valence-corrected chi connectivity index (χ3v) is 2.44. The van der Waals surface area contributed by atoms with Crippen molar-refractivity contribution in [3.05, 3.63) is 23.8 Å². The Hall–Kier alpha value is -1.49. The fraction of sp³-hybridized carbons (Fsp3) is 0.500. The van der Waals surface area contributed by atoms with Gasteiger partial charge in [-0.1, -0.05) is 0 Å². The van der Waals surface area contributed by atoms with Gasteiger partial charge in [-0.25, -0.2) is 9.97 Å². The largest absolute Gasteiger partial charge is 0.480 e. The predicted octanol–water partition coefficient (Wildman–Crippen LogP) is 0.308. The zero-order valence-electron chi connectivity index (χ0n) is 8.26. The molecule has 5 nitrogen and oxygen atoms in total. The van der Waals surface area contributed by atoms with E-state index in [4.69, 9.17) is 10.8 Å². The van der Waals surface area contributed by atoms with Crippen molar-refractivity contribution >= 4 is 5.97 Å². The topological polar surface area (TPSA) is 89.1 Å². The van der Waals surface area contributed by atoms with Crippen molar-refractivity contribution in [2.75, 3.05) is 0 Å². The van der Waals surface area contributed by atoms with E-state index < -0.39 is 12.0 Å². The molecule has 1 saturated carbocycles. The van der Waals surface area contributed by atoms with Crippen molar-refractivity contribution in [2.45, 2.75) is 31.2 Å². The molecule has 0 aromatic carbocycles. The second kappa shape index (κ2) is 3.94. The highest BCUT2D eigenvalue weighted by Crippen LogP contribution is 2.38. The van der Waals surface area contributed by atoms with Gasteiger partial charge in [0.1, 0.15) is 11.9 Å². The molecular weight excluding hydrogens is 194 g/mol. The lowest BCUT2D eigenvalue weighted by Crippen LogP contribution is -2.33. The van der Waals surface area contributed by atoms with Crippen LogP contribution in [0.15, 0.2) is 12.3 Å². The van der Waals surface area contributed by atoms with E-state index in [9.17, 15) is 4.79 Å². The van der Waals surface area contributed by atoms with Crippen LogP contribution in [0.2, 0.25) is 0 Å². The van der Waals surface area contributed by atoms with E-state index in [1.165, 1.54) is 12.8 Å². The first-order valence-corrected chi connectivity index (χ1v) is 4.97. The normalized spacial score (nSPS) is 17.4. The van der Waals surface area contributed by atoms with E-state index >= 15 is 0 Å². The lowest BCUT2D eigenvalue weighted by Gasteiger charge is -2.05. The molecule has 0 saturated heterocycles. The summed E-state index contributed by atoms with van der Waals surface area (Å²) in [5.41, 5.74) is 6.42. The van der Waals surface area contributed by atoms with Crippen LogP contribution in [0.5, 0.6) is 0 Å². The van der Waals surface area contributed by atoms with E-state index in [1.54, 1.807) is 6.20 Å². The quantitative estimate of drug-likeness (QED) is 0.741. The molecule has 0 spiro atoms. The minimum absolute atomic E-state index is 0.190. The first-order chi connectivity index (χ1) is 7.16. The zero-order chi connectivity index (χ0) is 10.8. The summed E-state index contributed by atoms with van der Waals surface area (Å²) in [4.78, 5) is 18.9. The Labute approximate surface area is 87.4 Å². The number of carbonyl (C=O) groups is 1. The minimum Gasteiger partial charge on any atom is -0.480 e. The third-order valence-electron chi connectivity index (χ3n) is 2.44. The number of aromatic nitrogens is 2. The monoisotopic (exact) mass is 207 g/mol. The molecule has 1 atom stereocenters. The Morgan fingerprint density at radius 1 is 1.67 bits per heavy atom. The zero-order valence-corrected chi connectivity index (χ0v) is 8.26. The molecule has 80 valence electrons. The second-order valence-electron chi connectivity index (χ2n) is 3.82. The number of rotatable bonds is 4. The molecule has 1 aromatic heterocycles. The Balaban J connectivity index is 2.07. The molecule has 0 bridgehead atoms. The van der Waals surface area contributed by atoms with Gasteiger partial charge in [-0.05, 0) is 18.9 Å². The van der Waals surface area contributed by atoms with Crippen molar-refractivity contribution in [2.24, 2.45) is 5.73 Å². The number of carboxylic acids is 1. The maximum atomic E-state index is 10.6. The highest BCUT2D eigenvalue weighted by Gasteiger charge is 2.25. The lowest BCUT2D eigenvalue weighted by molar-refractivity contribution is -0.138. The fourth-order valence-corrected chi connectivity index (χ4v) is 1.40. The highest BCUT2D eigenvalue weighted by atomic mass is 16.4. The van der Waals surface area contributed by atoms with Gasteiger partial charge in [0, 0.05) is 24.2 Å². The molecule has 2 rings (SSSR count). The molecule has 1 aromatic rings. The van der Waals surface area contributed by atoms with Crippen molar-refractivity contribution in [3.63, 3.8) is 0 Å². The predicted molar refractivity (Wildman–Crippen MR) is 53.3 cm³/mol. The van der Waals surface area contributed by atoms with Crippen LogP contribution >= 0.6 is 0 Å². The summed E-state index contributed by atoms with van der Waals surface area (Å²) in [6.45, 7) is 0. The van der Waals surface area contributed by atoms with E-state index in [0.29, 0.717) is 11.7 Å². The van der Waals surface area contributed by atoms with Gasteiger partial charge in [0.05, 0.1) is 0 Å². The van der Waals surface area contributed by atoms with Crippen LogP contribution in [0.1, 0.15) is 30.3 Å². The molecule has 0 aliphatic heterocycles. The van der Waals surface area contributed by atoms with E-state index in [2.05, 4.69) is 9.97 Å². The molecule has 5 heteroatoms. The number of hydrogen-bond donors (Lipinski definition) is 2. The smallest absolute Gasteiger partial charge is 0.320 e. The van der Waals surface area contributed by atoms with E-state index in [1.807, 2.05) is 6.07 Å². The van der Waals surface area contributed by atoms with Gasteiger partial charge in [-0.2, -0.15) is 0 Å². The second-order valence-corrected chi connectivity index (χ2v) is 3.82. The van der Waals surface area contributed by atoms with Crippen LogP contribution in [-0.2, 0) is 11.2 Å². The molecule has 1 heterocycles. The number of aliphatic carboxylic acids is 1. The average Bonchev–Trinajstić information content (AvgIpc) is 3.01. The molecule has 1 aliphatic carbocycles. The maximum absolute atomic E-state index is 10.6. The van der Waals surface area contributed by atoms with Gasteiger partial charge in [-0.3, -0.25) is 4.79 Å². The Morgan fingerprint density at radius 2 is 2.40 bits per heavy atom. The first-order valence-electron chi connectivity index (χ1n) is 4.97. The van der Waals surface area contributed by atoms with E-state index in [-0.39, 0.29) is 6.42 Å². The van der Waals surface area contributed by atoms with Crippen molar-refractivity contribution in [3.8, 4) is 0 Å². The summed E-state index contributed by atoms with van der Waals surface area (Å²) in [6.07, 6.45) is 4.20. The van der Waals surface area contributed by atoms with Crippen LogP contribution in [0, 0.1) is 0 Å². The first kappa shape index (κ1) is 10.0. The Kier molecular flexibility index (Phi) is 2.64. The maximum Gasteiger partial charge on any atom is 0.320 e. The van der Waals surface area contributed by atoms with Crippen molar-refractivity contribution in [1.29, 1.82) is 0 Å². The van der Waals surface area contributed by atoms with Crippen molar-refractivity contribution in [1.82, 2.24) is 9.97 Å². The minimum atomic E-state index is -1.02. The van der Waals surface area contributed by atoms with Crippen LogP contribution in [0.4, 0.5) is 0 Å². The Bertz CT molecular complexity index is 377. The van der Waals surface area contributed by atoms with Crippen LogP contribution in [-0.4, -0.2) is 27.1 Å². The number of nitrogens with two attached hydrogens (primary N) is 1. The molecule has 1 fully saturated rings. The highest BCUT2D eigenvalue weighted by molar-refractivity contribution is 5.73. The third kappa shape index (κ3) is 2.50. The summed E-state index contributed by atoms with van der Waals surface area (Å²) in [5.74, 6) is 0.0533. The number of carboxylic acid groups (broad SMARTS) is 1. The molecule has 0 amide bonds. The number of nitrogens with zero attached hydrogens (tertiary/aromatic N) is 2. The van der Waals surface area contributed by atoms with Gasteiger partial charge in [-0.15, -0.1) is 0 Å². The Morgan fingerprint density at radius 3 is 3.00 bits per heavy atom. The molecule has 15 heavy (non-hydrogen) atoms. The fourth-order valence-electron chi connectivity index (χ4n) is 1.40. The molecular formula is C10H13N3O2. The van der Waals surface area contributed by atoms with Crippen LogP contribution < -0.4 is 5.73 Å². The van der Waals surface area contributed by atoms with Crippen LogP contribution in [0.3, 0.4) is 0 Å². The van der Waals surface area contributed by atoms with E-state index in [0.717, 1.165) is 5.69 Å². The lowest BCUT2D eigenvalue weighted by atomic mass is 10.2. The summed E-state index contributed by atoms with van der Waals surface area (Å²) < 4.78 is 0. The summed E-state index contributed by atoms with van der Waals surface area (Å²) in [6, 6.07) is 0.965. The summed E-state index contributed by atoms with van der Waals surface area (Å²) in [5, 5.41) is 8.65. The number of hydrogen-bond acceptors (Lipinski definition) is 4. The average molecular weight is 207 g/mol. The van der Waals surface area contributed by atoms with Gasteiger partial charge in [0.2, 0.25) is 0 Å². The van der Waals surface area contributed by atoms with Gasteiger partial charge in [0.15, 0.2) is 0 Å². The van der Waals surface area contributed by atoms with Gasteiger partial charge < -0.3 is 10.8 Å². The molecule has 0 radical (unpaired) electrons. The molecule has 1 aliphatic rings. The van der Waals surface area contributed by atoms with Gasteiger partial charge >= 0.3 is 5.97 Å². The molecule has 3 N–H and O–H groups in total. The van der Waals surface area contributed by atoms with Crippen LogP contribution in [0.25, 0.3) is 0 Å².